The van der Waals surface area contributed by atoms with Crippen LogP contribution in [0, 0.1) is 20.8 Å². The van der Waals surface area contributed by atoms with Crippen LogP contribution in [0.2, 0.25) is 0 Å². The van der Waals surface area contributed by atoms with Gasteiger partial charge in [0, 0.05) is 20.1 Å². The van der Waals surface area contributed by atoms with Crippen LogP contribution < -0.4 is 4.90 Å². The highest BCUT2D eigenvalue weighted by Gasteiger charge is 2.25. The van der Waals surface area contributed by atoms with Gasteiger partial charge in [-0.05, 0) is 57.6 Å². The van der Waals surface area contributed by atoms with Gasteiger partial charge in [0.2, 0.25) is 0 Å². The first-order chi connectivity index (χ1) is 12.3. The van der Waals surface area contributed by atoms with E-state index in [2.05, 4.69) is 36.0 Å². The molecule has 0 aliphatic carbocycles. The summed E-state index contributed by atoms with van der Waals surface area (Å²) in [5.74, 6) is -0.0576. The van der Waals surface area contributed by atoms with Crippen molar-refractivity contribution in [3.8, 4) is 0 Å². The topological polar surface area (TPSA) is 54.3 Å². The number of aryl methyl sites for hydroxylation is 4. The van der Waals surface area contributed by atoms with Crippen LogP contribution in [0.15, 0.2) is 18.3 Å². The Kier molecular flexibility index (Phi) is 6.62. The summed E-state index contributed by atoms with van der Waals surface area (Å²) in [5.41, 5.74) is 4.81. The Morgan fingerprint density at radius 1 is 1.15 bits per heavy atom. The molecule has 1 aromatic carbocycles. The lowest BCUT2D eigenvalue weighted by Gasteiger charge is -2.22. The predicted octanol–water partition coefficient (Wildman–Crippen LogP) is 3.59. The number of hydrogen-bond donors (Lipinski definition) is 0. The van der Waals surface area contributed by atoms with Crippen molar-refractivity contribution in [1.82, 2.24) is 19.7 Å². The van der Waals surface area contributed by atoms with Crippen molar-refractivity contribution in [2.75, 3.05) is 32.1 Å². The predicted molar refractivity (Wildman–Crippen MR) is 115 cm³/mol. The highest BCUT2D eigenvalue weighted by molar-refractivity contribution is 7.22. The van der Waals surface area contributed by atoms with Gasteiger partial charge in [0.1, 0.15) is 5.69 Å². The zero-order valence-corrected chi connectivity index (χ0v) is 18.2. The average Bonchev–Trinajstić information content (AvgIpc) is 3.10. The lowest BCUT2D eigenvalue weighted by molar-refractivity contribution is 0.0975. The molecule has 0 saturated heterocycles. The number of hydrogen-bond acceptors (Lipinski definition) is 5. The molecule has 0 spiro atoms. The van der Waals surface area contributed by atoms with E-state index in [1.165, 1.54) is 11.1 Å². The van der Waals surface area contributed by atoms with E-state index >= 15 is 0 Å². The van der Waals surface area contributed by atoms with Gasteiger partial charge in [-0.3, -0.25) is 14.4 Å². The second-order valence-corrected chi connectivity index (χ2v) is 7.96. The zero-order valence-electron chi connectivity index (χ0n) is 16.6. The Hall–Kier alpha value is -1.96. The summed E-state index contributed by atoms with van der Waals surface area (Å²) in [7, 11) is 5.81. The number of aromatic nitrogens is 3. The summed E-state index contributed by atoms with van der Waals surface area (Å²) in [6, 6.07) is 4.23. The molecule has 1 amide bonds. The van der Waals surface area contributed by atoms with Gasteiger partial charge in [-0.1, -0.05) is 17.4 Å². The molecule has 0 saturated carbocycles. The lowest BCUT2D eigenvalue weighted by atomic mass is 10.1. The minimum Gasteiger partial charge on any atom is -0.308 e. The maximum Gasteiger partial charge on any atom is 0.278 e. The van der Waals surface area contributed by atoms with Gasteiger partial charge < -0.3 is 4.90 Å². The van der Waals surface area contributed by atoms with Gasteiger partial charge in [-0.25, -0.2) is 4.98 Å². The number of carbonyl (C=O) groups is 1. The second kappa shape index (κ2) is 8.37. The molecule has 0 bridgehead atoms. The highest BCUT2D eigenvalue weighted by Crippen LogP contribution is 2.33. The molecule has 8 heteroatoms. The summed E-state index contributed by atoms with van der Waals surface area (Å²) < 4.78 is 2.78. The van der Waals surface area contributed by atoms with E-state index in [-0.39, 0.29) is 18.3 Å². The molecule has 3 rings (SSSR count). The smallest absolute Gasteiger partial charge is 0.278 e. The molecule has 0 aliphatic rings. The van der Waals surface area contributed by atoms with E-state index < -0.39 is 0 Å². The van der Waals surface area contributed by atoms with Crippen LogP contribution in [-0.4, -0.2) is 52.8 Å². The van der Waals surface area contributed by atoms with Crippen molar-refractivity contribution in [2.45, 2.75) is 20.8 Å². The number of rotatable bonds is 5. The average molecular weight is 408 g/mol. The first-order valence-corrected chi connectivity index (χ1v) is 9.42. The molecule has 0 fully saturated rings. The molecule has 146 valence electrons. The zero-order chi connectivity index (χ0) is 19.0. The van der Waals surface area contributed by atoms with Crippen LogP contribution in [0.25, 0.3) is 10.2 Å². The number of benzene rings is 1. The molecule has 0 aliphatic heterocycles. The highest BCUT2D eigenvalue weighted by atomic mass is 35.5. The van der Waals surface area contributed by atoms with Crippen LogP contribution in [0.4, 0.5) is 5.13 Å². The van der Waals surface area contributed by atoms with Crippen molar-refractivity contribution in [2.24, 2.45) is 7.05 Å². The molecule has 2 aromatic heterocycles. The molecule has 0 atom stereocenters. The minimum absolute atomic E-state index is 0. The van der Waals surface area contributed by atoms with Crippen molar-refractivity contribution >= 4 is 45.0 Å². The Labute approximate surface area is 170 Å². The van der Waals surface area contributed by atoms with E-state index in [4.69, 9.17) is 4.98 Å². The minimum atomic E-state index is -0.0576. The fraction of sp³-hybridized carbons (Fsp3) is 0.421. The molecule has 6 nitrogen and oxygen atoms in total. The molecule has 2 heterocycles. The molecule has 0 N–H and O–H groups in total. The lowest BCUT2D eigenvalue weighted by Crippen LogP contribution is -2.38. The van der Waals surface area contributed by atoms with Crippen LogP contribution in [0.5, 0.6) is 0 Å². The Bertz CT molecular complexity index is 943. The molecular weight excluding hydrogens is 382 g/mol. The number of likely N-dealkylation sites (N-methyl/N-ethyl adjacent to an activating group) is 1. The van der Waals surface area contributed by atoms with Crippen molar-refractivity contribution in [1.29, 1.82) is 0 Å². The maximum absolute atomic E-state index is 13.3. The number of carbonyl (C=O) groups excluding carboxylic acids is 1. The monoisotopic (exact) mass is 407 g/mol. The van der Waals surface area contributed by atoms with E-state index in [9.17, 15) is 4.79 Å². The second-order valence-electron chi connectivity index (χ2n) is 6.99. The Morgan fingerprint density at radius 2 is 1.85 bits per heavy atom. The third-order valence-corrected chi connectivity index (χ3v) is 5.61. The SMILES string of the molecule is Cc1cc(C)c2sc(N(CCN(C)C)C(=O)c3c(C)cnn3C)nc2c1.Cl. The molecule has 3 aromatic rings. The fourth-order valence-electron chi connectivity index (χ4n) is 3.05. The fourth-order valence-corrected chi connectivity index (χ4v) is 4.09. The summed E-state index contributed by atoms with van der Waals surface area (Å²) in [6.45, 7) is 7.41. The summed E-state index contributed by atoms with van der Waals surface area (Å²) in [6.07, 6.45) is 1.73. The number of amides is 1. The normalized spacial score (nSPS) is 11.1. The first-order valence-electron chi connectivity index (χ1n) is 8.61. The molecule has 0 unspecified atom stereocenters. The van der Waals surface area contributed by atoms with Gasteiger partial charge in [0.25, 0.3) is 5.91 Å². The number of thiazole rings is 1. The summed E-state index contributed by atoms with van der Waals surface area (Å²) in [5, 5.41) is 4.96. The standard InChI is InChI=1S/C19H25N5OS.ClH/c1-12-9-13(2)17-15(10-12)21-19(26-17)24(8-7-22(4)5)18(25)16-14(3)11-20-23(16)6;/h9-11H,7-8H2,1-6H3;1H. The Morgan fingerprint density at radius 3 is 2.44 bits per heavy atom. The molecule has 0 radical (unpaired) electrons. The van der Waals surface area contributed by atoms with Crippen molar-refractivity contribution < 1.29 is 4.79 Å². The summed E-state index contributed by atoms with van der Waals surface area (Å²) in [4.78, 5) is 21.9. The van der Waals surface area contributed by atoms with E-state index in [0.29, 0.717) is 12.2 Å². The first kappa shape index (κ1) is 21.3. The molecular formula is C19H26ClN5OS. The van der Waals surface area contributed by atoms with Crippen LogP contribution in [0.1, 0.15) is 27.2 Å². The van der Waals surface area contributed by atoms with Crippen LogP contribution in [0.3, 0.4) is 0 Å². The molecule has 27 heavy (non-hydrogen) atoms. The van der Waals surface area contributed by atoms with E-state index in [1.54, 1.807) is 34.2 Å². The third kappa shape index (κ3) is 4.31. The van der Waals surface area contributed by atoms with Crippen molar-refractivity contribution in [3.05, 3.63) is 40.7 Å². The third-order valence-electron chi connectivity index (χ3n) is 4.38. The van der Waals surface area contributed by atoms with E-state index in [1.807, 2.05) is 21.0 Å². The number of nitrogens with zero attached hydrogens (tertiary/aromatic N) is 5. The number of fused-ring (bicyclic) bond motifs is 1. The largest absolute Gasteiger partial charge is 0.308 e. The van der Waals surface area contributed by atoms with Gasteiger partial charge in [-0.2, -0.15) is 5.10 Å². The number of halogens is 1. The maximum atomic E-state index is 13.3. The van der Waals surface area contributed by atoms with Gasteiger partial charge in [0.05, 0.1) is 16.4 Å². The van der Waals surface area contributed by atoms with Gasteiger partial charge in [-0.15, -0.1) is 12.4 Å². The van der Waals surface area contributed by atoms with Crippen LogP contribution in [-0.2, 0) is 7.05 Å². The summed E-state index contributed by atoms with van der Waals surface area (Å²) >= 11 is 1.58. The quantitative estimate of drug-likeness (QED) is 0.648. The van der Waals surface area contributed by atoms with Crippen molar-refractivity contribution in [3.63, 3.8) is 0 Å². The van der Waals surface area contributed by atoms with Gasteiger partial charge >= 0.3 is 0 Å². The Balaban J connectivity index is 0.00000261. The van der Waals surface area contributed by atoms with Crippen LogP contribution >= 0.6 is 23.7 Å². The van der Waals surface area contributed by atoms with E-state index in [0.717, 1.165) is 27.5 Å². The number of anilines is 1. The van der Waals surface area contributed by atoms with Gasteiger partial charge in [0.15, 0.2) is 5.13 Å².